The smallest absolute Gasteiger partial charge is 0.114 e. The summed E-state index contributed by atoms with van der Waals surface area (Å²) in [5.41, 5.74) is 4.12. The molecule has 106 valence electrons. The van der Waals surface area contributed by atoms with Crippen LogP contribution in [0.5, 0.6) is 0 Å². The summed E-state index contributed by atoms with van der Waals surface area (Å²) in [6, 6.07) is 4.14. The fourth-order valence-corrected chi connectivity index (χ4v) is 2.99. The number of hydrogen-bond donors (Lipinski definition) is 0. The number of rotatable bonds is 3. The summed E-state index contributed by atoms with van der Waals surface area (Å²) in [6.45, 7) is 1.68. The van der Waals surface area contributed by atoms with Crippen LogP contribution < -0.4 is 0 Å². The maximum atomic E-state index is 4.59. The molecule has 0 saturated heterocycles. The Morgan fingerprint density at radius 3 is 3.05 bits per heavy atom. The molecule has 4 rings (SSSR count). The second-order valence-electron chi connectivity index (χ2n) is 5.15. The van der Waals surface area contributed by atoms with E-state index in [0.717, 1.165) is 34.4 Å². The molecule has 0 N–H and O–H groups in total. The van der Waals surface area contributed by atoms with Gasteiger partial charge in [0, 0.05) is 34.7 Å². The van der Waals surface area contributed by atoms with Gasteiger partial charge in [0.2, 0.25) is 0 Å². The predicted octanol–water partition coefficient (Wildman–Crippen LogP) is 2.29. The van der Waals surface area contributed by atoms with E-state index in [-0.39, 0.29) is 0 Å². The second-order valence-corrected chi connectivity index (χ2v) is 6.06. The number of fused-ring (bicyclic) bond motifs is 1. The number of hydrogen-bond acceptors (Lipinski definition) is 4. The predicted molar refractivity (Wildman–Crippen MR) is 80.6 cm³/mol. The summed E-state index contributed by atoms with van der Waals surface area (Å²) >= 11 is 3.41. The summed E-state index contributed by atoms with van der Waals surface area (Å²) < 4.78 is 4.83. The molecule has 0 aliphatic carbocycles. The Bertz CT molecular complexity index is 769. The Hall–Kier alpha value is -2.02. The number of nitrogens with zero attached hydrogens (tertiary/aromatic N) is 6. The summed E-state index contributed by atoms with van der Waals surface area (Å²) in [5.74, 6) is 0. The molecule has 0 atom stereocenters. The fraction of sp³-hybridized carbons (Fsp3) is 0.286. The van der Waals surface area contributed by atoms with E-state index >= 15 is 0 Å². The van der Waals surface area contributed by atoms with Crippen molar-refractivity contribution in [1.82, 2.24) is 29.8 Å². The van der Waals surface area contributed by atoms with Gasteiger partial charge in [0.05, 0.1) is 18.4 Å². The zero-order valence-electron chi connectivity index (χ0n) is 11.3. The molecule has 6 nitrogen and oxygen atoms in total. The van der Waals surface area contributed by atoms with Gasteiger partial charge in [-0.2, -0.15) is 5.10 Å². The SMILES string of the molecule is Brc1cncc(-c2cn(Cc3cc4n(n3)CCC4)nn2)c1. The molecule has 0 radical (unpaired) electrons. The van der Waals surface area contributed by atoms with Crippen molar-refractivity contribution >= 4 is 15.9 Å². The highest BCUT2D eigenvalue weighted by atomic mass is 79.9. The number of halogens is 1. The summed E-state index contributed by atoms with van der Waals surface area (Å²) in [7, 11) is 0. The molecule has 0 spiro atoms. The first-order chi connectivity index (χ1) is 10.3. The van der Waals surface area contributed by atoms with E-state index in [1.54, 1.807) is 12.4 Å². The van der Waals surface area contributed by atoms with E-state index in [0.29, 0.717) is 6.54 Å². The van der Waals surface area contributed by atoms with Gasteiger partial charge in [-0.3, -0.25) is 9.67 Å². The van der Waals surface area contributed by atoms with E-state index in [1.165, 1.54) is 12.1 Å². The molecular weight excluding hydrogens is 332 g/mol. The lowest BCUT2D eigenvalue weighted by Crippen LogP contribution is -2.03. The monoisotopic (exact) mass is 344 g/mol. The summed E-state index contributed by atoms with van der Waals surface area (Å²) in [4.78, 5) is 4.15. The summed E-state index contributed by atoms with van der Waals surface area (Å²) in [5, 5.41) is 13.0. The first kappa shape index (κ1) is 12.7. The normalized spacial score (nSPS) is 13.6. The van der Waals surface area contributed by atoms with Gasteiger partial charge in [0.25, 0.3) is 0 Å². The maximum absolute atomic E-state index is 4.59. The Morgan fingerprint density at radius 2 is 2.19 bits per heavy atom. The molecule has 21 heavy (non-hydrogen) atoms. The van der Waals surface area contributed by atoms with Crippen LogP contribution in [0.1, 0.15) is 17.8 Å². The zero-order chi connectivity index (χ0) is 14.2. The molecule has 3 aromatic rings. The molecule has 1 aliphatic rings. The molecule has 0 bridgehead atoms. The van der Waals surface area contributed by atoms with Crippen molar-refractivity contribution in [2.45, 2.75) is 25.9 Å². The maximum Gasteiger partial charge on any atom is 0.114 e. The van der Waals surface area contributed by atoms with Crippen molar-refractivity contribution in [2.24, 2.45) is 0 Å². The number of aromatic nitrogens is 6. The largest absolute Gasteiger partial charge is 0.269 e. The van der Waals surface area contributed by atoms with Gasteiger partial charge in [-0.25, -0.2) is 4.68 Å². The minimum Gasteiger partial charge on any atom is -0.269 e. The van der Waals surface area contributed by atoms with Gasteiger partial charge >= 0.3 is 0 Å². The number of pyridine rings is 1. The molecule has 0 saturated carbocycles. The lowest BCUT2D eigenvalue weighted by atomic mass is 10.2. The van der Waals surface area contributed by atoms with E-state index in [1.807, 2.05) is 16.9 Å². The third-order valence-corrected chi connectivity index (χ3v) is 4.01. The van der Waals surface area contributed by atoms with Crippen molar-refractivity contribution < 1.29 is 0 Å². The third kappa shape index (κ3) is 2.49. The van der Waals surface area contributed by atoms with Crippen molar-refractivity contribution in [3.05, 3.63) is 46.6 Å². The van der Waals surface area contributed by atoms with Crippen molar-refractivity contribution in [3.8, 4) is 11.3 Å². The molecule has 0 aromatic carbocycles. The molecule has 0 amide bonds. The molecule has 7 heteroatoms. The Labute approximate surface area is 129 Å². The first-order valence-electron chi connectivity index (χ1n) is 6.84. The Balaban J connectivity index is 1.56. The topological polar surface area (TPSA) is 61.4 Å². The highest BCUT2D eigenvalue weighted by molar-refractivity contribution is 9.10. The lowest BCUT2D eigenvalue weighted by Gasteiger charge is -1.97. The molecule has 3 aromatic heterocycles. The first-order valence-corrected chi connectivity index (χ1v) is 7.64. The second kappa shape index (κ2) is 5.07. The van der Waals surface area contributed by atoms with Crippen LogP contribution in [-0.4, -0.2) is 29.8 Å². The van der Waals surface area contributed by atoms with Gasteiger partial charge in [0.1, 0.15) is 5.69 Å². The van der Waals surface area contributed by atoms with Gasteiger partial charge in [-0.05, 0) is 40.9 Å². The highest BCUT2D eigenvalue weighted by Gasteiger charge is 2.14. The highest BCUT2D eigenvalue weighted by Crippen LogP contribution is 2.20. The molecule has 0 fully saturated rings. The van der Waals surface area contributed by atoms with E-state index in [2.05, 4.69) is 47.1 Å². The van der Waals surface area contributed by atoms with Crippen LogP contribution in [0.15, 0.2) is 35.2 Å². The van der Waals surface area contributed by atoms with E-state index < -0.39 is 0 Å². The standard InChI is InChI=1S/C14H13BrN6/c15-11-4-10(6-16-7-11)14-9-20(19-17-14)8-12-5-13-2-1-3-21(13)18-12/h4-7,9H,1-3,8H2. The zero-order valence-corrected chi connectivity index (χ0v) is 12.9. The Kier molecular flexibility index (Phi) is 3.07. The quantitative estimate of drug-likeness (QED) is 0.731. The van der Waals surface area contributed by atoms with E-state index in [9.17, 15) is 0 Å². The minimum absolute atomic E-state index is 0.647. The van der Waals surface area contributed by atoms with Crippen molar-refractivity contribution in [3.63, 3.8) is 0 Å². The van der Waals surface area contributed by atoms with Gasteiger partial charge < -0.3 is 0 Å². The minimum atomic E-state index is 0.647. The average molecular weight is 345 g/mol. The van der Waals surface area contributed by atoms with Gasteiger partial charge in [-0.1, -0.05) is 5.21 Å². The Morgan fingerprint density at radius 1 is 1.24 bits per heavy atom. The van der Waals surface area contributed by atoms with E-state index in [4.69, 9.17) is 0 Å². The van der Waals surface area contributed by atoms with Gasteiger partial charge in [-0.15, -0.1) is 5.10 Å². The van der Waals surface area contributed by atoms with Crippen LogP contribution in [-0.2, 0) is 19.5 Å². The fourth-order valence-electron chi connectivity index (χ4n) is 2.62. The summed E-state index contributed by atoms with van der Waals surface area (Å²) in [6.07, 6.45) is 7.78. The lowest BCUT2D eigenvalue weighted by molar-refractivity contribution is 0.601. The van der Waals surface area contributed by atoms with Gasteiger partial charge in [0.15, 0.2) is 0 Å². The molecule has 1 aliphatic heterocycles. The molecule has 4 heterocycles. The van der Waals surface area contributed by atoms with Crippen LogP contribution in [0.2, 0.25) is 0 Å². The van der Waals surface area contributed by atoms with Crippen molar-refractivity contribution in [2.75, 3.05) is 0 Å². The average Bonchev–Trinajstić information content (AvgIpc) is 3.14. The number of aryl methyl sites for hydroxylation is 2. The third-order valence-electron chi connectivity index (χ3n) is 3.58. The van der Waals surface area contributed by atoms with Crippen LogP contribution >= 0.6 is 15.9 Å². The van der Waals surface area contributed by atoms with Crippen LogP contribution in [0.4, 0.5) is 0 Å². The van der Waals surface area contributed by atoms with Crippen LogP contribution in [0.25, 0.3) is 11.3 Å². The van der Waals surface area contributed by atoms with Crippen LogP contribution in [0, 0.1) is 0 Å². The molecule has 0 unspecified atom stereocenters. The van der Waals surface area contributed by atoms with Crippen molar-refractivity contribution in [1.29, 1.82) is 0 Å². The van der Waals surface area contributed by atoms with Crippen LogP contribution in [0.3, 0.4) is 0 Å². The molecular formula is C14H13BrN6.